The lowest BCUT2D eigenvalue weighted by Crippen LogP contribution is -2.49. The van der Waals surface area contributed by atoms with Gasteiger partial charge in [0.2, 0.25) is 0 Å². The van der Waals surface area contributed by atoms with Gasteiger partial charge in [0.25, 0.3) is 0 Å². The zero-order valence-corrected chi connectivity index (χ0v) is 17.7. The Morgan fingerprint density at radius 1 is 0.964 bits per heavy atom. The van der Waals surface area contributed by atoms with Crippen molar-refractivity contribution in [2.24, 2.45) is 5.41 Å². The molecule has 0 spiro atoms. The Bertz CT molecular complexity index is 697. The van der Waals surface area contributed by atoms with Crippen LogP contribution in [-0.4, -0.2) is 12.2 Å². The Balaban J connectivity index is 2.60. The predicted octanol–water partition coefficient (Wildman–Crippen LogP) is 6.81. The normalized spacial score (nSPS) is 16.7. The van der Waals surface area contributed by atoms with Crippen LogP contribution in [0.2, 0.25) is 0 Å². The van der Waals surface area contributed by atoms with Crippen molar-refractivity contribution < 1.29 is 9.84 Å². The van der Waals surface area contributed by atoms with E-state index in [-0.39, 0.29) is 0 Å². The quantitative estimate of drug-likeness (QED) is 0.323. The molecule has 0 unspecified atom stereocenters. The van der Waals surface area contributed by atoms with Crippen LogP contribution in [0.25, 0.3) is 0 Å². The van der Waals surface area contributed by atoms with E-state index in [4.69, 9.17) is 4.74 Å². The van der Waals surface area contributed by atoms with Gasteiger partial charge in [0, 0.05) is 12.5 Å². The van der Waals surface area contributed by atoms with Crippen molar-refractivity contribution in [3.05, 3.63) is 84.4 Å². The summed E-state index contributed by atoms with van der Waals surface area (Å²) in [6.45, 7) is 8.55. The third-order valence-corrected chi connectivity index (χ3v) is 6.19. The molecule has 0 aliphatic rings. The van der Waals surface area contributed by atoms with E-state index >= 15 is 0 Å². The van der Waals surface area contributed by atoms with Crippen LogP contribution in [0.1, 0.15) is 69.6 Å². The van der Waals surface area contributed by atoms with Crippen LogP contribution < -0.4 is 0 Å². The first-order chi connectivity index (χ1) is 13.6. The zero-order valence-electron chi connectivity index (χ0n) is 17.7. The fourth-order valence-electron chi connectivity index (χ4n) is 4.47. The van der Waals surface area contributed by atoms with Gasteiger partial charge in [0.1, 0.15) is 11.7 Å². The maximum atomic E-state index is 12.5. The lowest BCUT2D eigenvalue weighted by Gasteiger charge is -2.50. The monoisotopic (exact) mass is 380 g/mol. The SMILES string of the molecule is C=C[C@@](CC)(CCCCCC)[C@](O)(c1ccccc1)[C@@H](OC)c1ccccc1. The Labute approximate surface area is 171 Å². The Kier molecular flexibility index (Phi) is 8.47. The number of methoxy groups -OCH3 is 1. The van der Waals surface area contributed by atoms with Crippen molar-refractivity contribution in [1.82, 2.24) is 0 Å². The third kappa shape index (κ3) is 4.39. The highest BCUT2D eigenvalue weighted by Gasteiger charge is 2.53. The second-order valence-corrected chi connectivity index (χ2v) is 7.68. The number of aliphatic hydroxyl groups is 1. The Hall–Kier alpha value is -1.90. The summed E-state index contributed by atoms with van der Waals surface area (Å²) >= 11 is 0. The van der Waals surface area contributed by atoms with Crippen LogP contribution in [0.3, 0.4) is 0 Å². The van der Waals surface area contributed by atoms with E-state index < -0.39 is 17.1 Å². The van der Waals surface area contributed by atoms with Gasteiger partial charge < -0.3 is 9.84 Å². The van der Waals surface area contributed by atoms with E-state index in [1.54, 1.807) is 7.11 Å². The van der Waals surface area contributed by atoms with Gasteiger partial charge in [0.15, 0.2) is 0 Å². The van der Waals surface area contributed by atoms with Gasteiger partial charge in [-0.1, -0.05) is 106 Å². The average molecular weight is 381 g/mol. The van der Waals surface area contributed by atoms with Crippen LogP contribution in [0.5, 0.6) is 0 Å². The molecule has 0 radical (unpaired) electrons. The summed E-state index contributed by atoms with van der Waals surface area (Å²) in [5.74, 6) is 0. The molecule has 3 atom stereocenters. The minimum atomic E-state index is -1.22. The molecule has 152 valence electrons. The van der Waals surface area contributed by atoms with Gasteiger partial charge in [0.05, 0.1) is 0 Å². The van der Waals surface area contributed by atoms with E-state index in [2.05, 4.69) is 20.4 Å². The molecule has 0 bridgehead atoms. The zero-order chi connectivity index (χ0) is 20.5. The smallest absolute Gasteiger partial charge is 0.129 e. The lowest BCUT2D eigenvalue weighted by atomic mass is 9.60. The number of benzene rings is 2. The van der Waals surface area contributed by atoms with Gasteiger partial charge in [-0.15, -0.1) is 6.58 Å². The third-order valence-electron chi connectivity index (χ3n) is 6.19. The van der Waals surface area contributed by atoms with Gasteiger partial charge in [-0.3, -0.25) is 0 Å². The van der Waals surface area contributed by atoms with Crippen molar-refractivity contribution in [2.75, 3.05) is 7.11 Å². The summed E-state index contributed by atoms with van der Waals surface area (Å²) in [6, 6.07) is 20.0. The molecule has 2 nitrogen and oxygen atoms in total. The van der Waals surface area contributed by atoms with E-state index in [9.17, 15) is 5.11 Å². The van der Waals surface area contributed by atoms with E-state index in [0.29, 0.717) is 0 Å². The Morgan fingerprint density at radius 3 is 2.07 bits per heavy atom. The molecule has 1 N–H and O–H groups in total. The lowest BCUT2D eigenvalue weighted by molar-refractivity contribution is -0.169. The minimum absolute atomic E-state index is 0.486. The van der Waals surface area contributed by atoms with Crippen molar-refractivity contribution in [2.45, 2.75) is 64.1 Å². The number of hydrogen-bond donors (Lipinski definition) is 1. The van der Waals surface area contributed by atoms with Gasteiger partial charge >= 0.3 is 0 Å². The fraction of sp³-hybridized carbons (Fsp3) is 0.462. The number of ether oxygens (including phenoxy) is 1. The number of rotatable bonds is 12. The number of hydrogen-bond acceptors (Lipinski definition) is 2. The van der Waals surface area contributed by atoms with Crippen molar-refractivity contribution in [1.29, 1.82) is 0 Å². The molecule has 0 amide bonds. The maximum Gasteiger partial charge on any atom is 0.129 e. The van der Waals surface area contributed by atoms with E-state index in [0.717, 1.165) is 30.4 Å². The molecule has 0 saturated carbocycles. The summed E-state index contributed by atoms with van der Waals surface area (Å²) < 4.78 is 6.00. The number of unbranched alkanes of at least 4 members (excludes halogenated alkanes) is 3. The van der Waals surface area contributed by atoms with E-state index in [1.165, 1.54) is 19.3 Å². The molecule has 0 aromatic heterocycles. The highest BCUT2D eigenvalue weighted by atomic mass is 16.5. The summed E-state index contributed by atoms with van der Waals surface area (Å²) in [5.41, 5.74) is 0.152. The van der Waals surface area contributed by atoms with Gasteiger partial charge in [-0.05, 0) is 24.0 Å². The summed E-state index contributed by atoms with van der Waals surface area (Å²) in [4.78, 5) is 0. The van der Waals surface area contributed by atoms with Crippen molar-refractivity contribution in [3.63, 3.8) is 0 Å². The van der Waals surface area contributed by atoms with E-state index in [1.807, 2.05) is 66.7 Å². The highest BCUT2D eigenvalue weighted by Crippen LogP contribution is 2.54. The molecule has 0 aliphatic heterocycles. The molecular weight excluding hydrogens is 344 g/mol. The Morgan fingerprint density at radius 2 is 1.57 bits per heavy atom. The first-order valence-electron chi connectivity index (χ1n) is 10.6. The standard InChI is InChI=1S/C26H36O2/c1-5-8-9-16-21-25(6-2,7-3)26(27,23-19-14-11-15-20-23)24(28-4)22-17-12-10-13-18-22/h6,10-15,17-20,24,27H,2,5,7-9,16,21H2,1,3-4H3/t24-,25+,26-/m0/s1. The molecule has 28 heavy (non-hydrogen) atoms. The van der Waals surface area contributed by atoms with Gasteiger partial charge in [-0.2, -0.15) is 0 Å². The van der Waals surface area contributed by atoms with Crippen LogP contribution in [0.15, 0.2) is 73.3 Å². The molecule has 0 heterocycles. The second kappa shape index (κ2) is 10.6. The van der Waals surface area contributed by atoms with Gasteiger partial charge in [-0.25, -0.2) is 0 Å². The molecule has 2 aromatic carbocycles. The van der Waals surface area contributed by atoms with Crippen LogP contribution in [0, 0.1) is 5.41 Å². The molecule has 2 heteroatoms. The predicted molar refractivity (Wildman–Crippen MR) is 118 cm³/mol. The molecule has 2 aromatic rings. The topological polar surface area (TPSA) is 29.5 Å². The fourth-order valence-corrected chi connectivity index (χ4v) is 4.47. The molecule has 0 fully saturated rings. The maximum absolute atomic E-state index is 12.5. The van der Waals surface area contributed by atoms with Crippen LogP contribution >= 0.6 is 0 Å². The largest absolute Gasteiger partial charge is 0.381 e. The average Bonchev–Trinajstić information content (AvgIpc) is 2.76. The van der Waals surface area contributed by atoms with Crippen molar-refractivity contribution in [3.8, 4) is 0 Å². The second-order valence-electron chi connectivity index (χ2n) is 7.68. The molecule has 0 aliphatic carbocycles. The summed E-state index contributed by atoms with van der Waals surface area (Å²) in [6.07, 6.45) is 7.80. The summed E-state index contributed by atoms with van der Waals surface area (Å²) in [5, 5.41) is 12.5. The summed E-state index contributed by atoms with van der Waals surface area (Å²) in [7, 11) is 1.69. The first kappa shape index (κ1) is 22.4. The first-order valence-corrected chi connectivity index (χ1v) is 10.6. The van der Waals surface area contributed by atoms with Crippen LogP contribution in [-0.2, 0) is 10.3 Å². The van der Waals surface area contributed by atoms with Crippen molar-refractivity contribution >= 4 is 0 Å². The molecular formula is C26H36O2. The minimum Gasteiger partial charge on any atom is -0.381 e. The molecule has 0 saturated heterocycles. The van der Waals surface area contributed by atoms with Crippen LogP contribution in [0.4, 0.5) is 0 Å². The molecule has 2 rings (SSSR count). The highest BCUT2D eigenvalue weighted by molar-refractivity contribution is 5.34.